The molecule has 84 valence electrons. The molecule has 1 fully saturated rings. The highest BCUT2D eigenvalue weighted by atomic mass is 19.1. The van der Waals surface area contributed by atoms with Crippen molar-refractivity contribution in [3.63, 3.8) is 0 Å². The molecule has 5 heteroatoms. The SMILES string of the molecule is CCn1ncnc1CC1(F)CCC(N)C1. The Bertz CT molecular complexity index is 338. The molecule has 15 heavy (non-hydrogen) atoms. The van der Waals surface area contributed by atoms with Gasteiger partial charge in [0.15, 0.2) is 0 Å². The van der Waals surface area contributed by atoms with Gasteiger partial charge in [0.1, 0.15) is 17.8 Å². The number of alkyl halides is 1. The molecular weight excluding hydrogens is 195 g/mol. The van der Waals surface area contributed by atoms with Crippen LogP contribution < -0.4 is 5.73 Å². The monoisotopic (exact) mass is 212 g/mol. The second kappa shape index (κ2) is 3.89. The number of aryl methyl sites for hydroxylation is 1. The number of nitrogens with zero attached hydrogens (tertiary/aromatic N) is 3. The van der Waals surface area contributed by atoms with Crippen LogP contribution in [0, 0.1) is 0 Å². The van der Waals surface area contributed by atoms with Gasteiger partial charge in [0.05, 0.1) is 0 Å². The Morgan fingerprint density at radius 1 is 1.73 bits per heavy atom. The molecule has 1 aromatic heterocycles. The Morgan fingerprint density at radius 2 is 2.53 bits per heavy atom. The molecule has 2 N–H and O–H groups in total. The highest BCUT2D eigenvalue weighted by Crippen LogP contribution is 2.35. The van der Waals surface area contributed by atoms with E-state index in [1.54, 1.807) is 4.68 Å². The van der Waals surface area contributed by atoms with Gasteiger partial charge in [-0.05, 0) is 26.2 Å². The lowest BCUT2D eigenvalue weighted by Crippen LogP contribution is -2.27. The predicted molar refractivity (Wildman–Crippen MR) is 55.1 cm³/mol. The van der Waals surface area contributed by atoms with Gasteiger partial charge in [-0.15, -0.1) is 0 Å². The number of aromatic nitrogens is 3. The van der Waals surface area contributed by atoms with Gasteiger partial charge in [-0.3, -0.25) is 4.68 Å². The van der Waals surface area contributed by atoms with Crippen LogP contribution in [-0.4, -0.2) is 26.5 Å². The normalized spacial score (nSPS) is 31.0. The molecule has 4 nitrogen and oxygen atoms in total. The van der Waals surface area contributed by atoms with Gasteiger partial charge in [-0.2, -0.15) is 5.10 Å². The summed E-state index contributed by atoms with van der Waals surface area (Å²) in [7, 11) is 0. The Balaban J connectivity index is 2.08. The minimum atomic E-state index is -1.17. The van der Waals surface area contributed by atoms with Crippen LogP contribution in [0.3, 0.4) is 0 Å². The van der Waals surface area contributed by atoms with Crippen molar-refractivity contribution in [3.05, 3.63) is 12.2 Å². The molecule has 0 aromatic carbocycles. The van der Waals surface area contributed by atoms with Crippen molar-refractivity contribution in [2.24, 2.45) is 5.73 Å². The van der Waals surface area contributed by atoms with Crippen molar-refractivity contribution in [2.45, 2.75) is 50.9 Å². The third-order valence-electron chi connectivity index (χ3n) is 3.06. The Labute approximate surface area is 88.7 Å². The summed E-state index contributed by atoms with van der Waals surface area (Å²) in [5.41, 5.74) is 4.56. The van der Waals surface area contributed by atoms with Gasteiger partial charge in [-0.25, -0.2) is 9.37 Å². The van der Waals surface area contributed by atoms with E-state index in [0.717, 1.165) is 18.8 Å². The van der Waals surface area contributed by atoms with Crippen molar-refractivity contribution in [2.75, 3.05) is 0 Å². The largest absolute Gasteiger partial charge is 0.328 e. The minimum Gasteiger partial charge on any atom is -0.328 e. The number of nitrogens with two attached hydrogens (primary N) is 1. The van der Waals surface area contributed by atoms with E-state index in [0.29, 0.717) is 19.3 Å². The first-order valence-electron chi connectivity index (χ1n) is 5.44. The van der Waals surface area contributed by atoms with Gasteiger partial charge < -0.3 is 5.73 Å². The van der Waals surface area contributed by atoms with Crippen LogP contribution in [0.15, 0.2) is 6.33 Å². The maximum absolute atomic E-state index is 14.3. The molecule has 2 atom stereocenters. The lowest BCUT2D eigenvalue weighted by atomic mass is 9.99. The molecule has 1 aliphatic carbocycles. The van der Waals surface area contributed by atoms with E-state index in [1.165, 1.54) is 6.33 Å². The fourth-order valence-corrected chi connectivity index (χ4v) is 2.25. The quantitative estimate of drug-likeness (QED) is 0.815. The zero-order chi connectivity index (χ0) is 10.9. The average Bonchev–Trinajstić information content (AvgIpc) is 2.74. The average molecular weight is 212 g/mol. The topological polar surface area (TPSA) is 56.7 Å². The van der Waals surface area contributed by atoms with Crippen molar-refractivity contribution >= 4 is 0 Å². The van der Waals surface area contributed by atoms with E-state index in [4.69, 9.17) is 5.73 Å². The van der Waals surface area contributed by atoms with E-state index in [1.807, 2.05) is 6.92 Å². The molecule has 2 rings (SSSR count). The summed E-state index contributed by atoms with van der Waals surface area (Å²) in [6.45, 7) is 2.71. The van der Waals surface area contributed by atoms with Crippen molar-refractivity contribution in [1.82, 2.24) is 14.8 Å². The summed E-state index contributed by atoms with van der Waals surface area (Å²) < 4.78 is 16.0. The van der Waals surface area contributed by atoms with Crippen LogP contribution in [0.25, 0.3) is 0 Å². The van der Waals surface area contributed by atoms with Crippen LogP contribution in [-0.2, 0) is 13.0 Å². The van der Waals surface area contributed by atoms with Crippen molar-refractivity contribution < 1.29 is 4.39 Å². The predicted octanol–water partition coefficient (Wildman–Crippen LogP) is 1.06. The number of hydrogen-bond acceptors (Lipinski definition) is 3. The second-order valence-electron chi connectivity index (χ2n) is 4.32. The van der Waals surface area contributed by atoms with E-state index in [2.05, 4.69) is 10.1 Å². The molecule has 0 aliphatic heterocycles. The first-order valence-corrected chi connectivity index (χ1v) is 5.44. The smallest absolute Gasteiger partial charge is 0.138 e. The van der Waals surface area contributed by atoms with Gasteiger partial charge in [-0.1, -0.05) is 0 Å². The Hall–Kier alpha value is -0.970. The molecule has 0 amide bonds. The second-order valence-corrected chi connectivity index (χ2v) is 4.32. The number of rotatable bonds is 3. The molecule has 0 spiro atoms. The molecule has 1 aliphatic rings. The zero-order valence-electron chi connectivity index (χ0n) is 8.99. The lowest BCUT2D eigenvalue weighted by molar-refractivity contribution is 0.165. The van der Waals surface area contributed by atoms with Crippen LogP contribution in [0.4, 0.5) is 4.39 Å². The number of halogens is 1. The first kappa shape index (κ1) is 10.5. The van der Waals surface area contributed by atoms with Crippen LogP contribution in [0.2, 0.25) is 0 Å². The van der Waals surface area contributed by atoms with Gasteiger partial charge in [0, 0.05) is 19.0 Å². The molecule has 1 saturated carbocycles. The Morgan fingerprint density at radius 3 is 3.13 bits per heavy atom. The molecule has 2 unspecified atom stereocenters. The van der Waals surface area contributed by atoms with Crippen LogP contribution >= 0.6 is 0 Å². The highest BCUT2D eigenvalue weighted by Gasteiger charge is 2.39. The molecule has 0 radical (unpaired) electrons. The van der Waals surface area contributed by atoms with E-state index in [-0.39, 0.29) is 6.04 Å². The van der Waals surface area contributed by atoms with Crippen LogP contribution in [0.1, 0.15) is 32.0 Å². The van der Waals surface area contributed by atoms with Crippen molar-refractivity contribution in [3.8, 4) is 0 Å². The maximum atomic E-state index is 14.3. The molecule has 0 saturated heterocycles. The van der Waals surface area contributed by atoms with E-state index < -0.39 is 5.67 Å². The first-order chi connectivity index (χ1) is 7.13. The van der Waals surface area contributed by atoms with Crippen molar-refractivity contribution in [1.29, 1.82) is 0 Å². The van der Waals surface area contributed by atoms with Crippen LogP contribution in [0.5, 0.6) is 0 Å². The molecular formula is C10H17FN4. The van der Waals surface area contributed by atoms with Gasteiger partial charge in [0.25, 0.3) is 0 Å². The summed E-state index contributed by atoms with van der Waals surface area (Å²) in [5.74, 6) is 0.731. The maximum Gasteiger partial charge on any atom is 0.138 e. The fourth-order valence-electron chi connectivity index (χ4n) is 2.25. The molecule has 0 bridgehead atoms. The molecule has 1 aromatic rings. The minimum absolute atomic E-state index is 0.00741. The summed E-state index contributed by atoms with van der Waals surface area (Å²) in [6, 6.07) is 0.00741. The third-order valence-corrected chi connectivity index (χ3v) is 3.06. The standard InChI is InChI=1S/C10H17FN4/c1-2-15-9(13-7-14-15)6-10(11)4-3-8(12)5-10/h7-8H,2-6,12H2,1H3. The molecule has 1 heterocycles. The van der Waals surface area contributed by atoms with E-state index in [9.17, 15) is 4.39 Å². The summed E-state index contributed by atoms with van der Waals surface area (Å²) in [5, 5.41) is 4.03. The fraction of sp³-hybridized carbons (Fsp3) is 0.800. The Kier molecular flexibility index (Phi) is 2.73. The highest BCUT2D eigenvalue weighted by molar-refractivity contribution is 5.00. The third kappa shape index (κ3) is 2.17. The van der Waals surface area contributed by atoms with Gasteiger partial charge in [0.2, 0.25) is 0 Å². The number of hydrogen-bond donors (Lipinski definition) is 1. The summed E-state index contributed by atoms with van der Waals surface area (Å²) in [6.07, 6.45) is 3.59. The summed E-state index contributed by atoms with van der Waals surface area (Å²) in [4.78, 5) is 4.09. The zero-order valence-corrected chi connectivity index (χ0v) is 8.99. The lowest BCUT2D eigenvalue weighted by Gasteiger charge is -2.18. The van der Waals surface area contributed by atoms with E-state index >= 15 is 0 Å². The summed E-state index contributed by atoms with van der Waals surface area (Å²) >= 11 is 0. The van der Waals surface area contributed by atoms with Gasteiger partial charge >= 0.3 is 0 Å².